The molecule has 0 bridgehead atoms. The molecule has 2 N–H and O–H groups in total. The van der Waals surface area contributed by atoms with Crippen LogP contribution in [0.5, 0.6) is 0 Å². The first-order valence-corrected chi connectivity index (χ1v) is 6.18. The van der Waals surface area contributed by atoms with E-state index in [1.54, 1.807) is 0 Å². The number of nitrogens with zero attached hydrogens (tertiary/aromatic N) is 1. The van der Waals surface area contributed by atoms with E-state index < -0.39 is 0 Å². The van der Waals surface area contributed by atoms with Crippen molar-refractivity contribution >= 4 is 0 Å². The highest BCUT2D eigenvalue weighted by molar-refractivity contribution is 4.73. The van der Waals surface area contributed by atoms with Crippen molar-refractivity contribution in [2.75, 3.05) is 26.2 Å². The average molecular weight is 198 g/mol. The Balaban J connectivity index is 2.15. The third-order valence-electron chi connectivity index (χ3n) is 3.39. The quantitative estimate of drug-likeness (QED) is 0.733. The highest BCUT2D eigenvalue weighted by Crippen LogP contribution is 2.23. The lowest BCUT2D eigenvalue weighted by Gasteiger charge is -2.32. The molecule has 0 aromatic rings. The van der Waals surface area contributed by atoms with E-state index in [9.17, 15) is 0 Å². The van der Waals surface area contributed by atoms with Gasteiger partial charge in [-0.15, -0.1) is 0 Å². The maximum Gasteiger partial charge on any atom is -0.00161 e. The van der Waals surface area contributed by atoms with Gasteiger partial charge in [0.1, 0.15) is 0 Å². The van der Waals surface area contributed by atoms with Crippen molar-refractivity contribution in [1.29, 1.82) is 0 Å². The number of piperidine rings is 1. The maximum atomic E-state index is 5.65. The van der Waals surface area contributed by atoms with Gasteiger partial charge < -0.3 is 10.6 Å². The third-order valence-corrected chi connectivity index (χ3v) is 3.39. The predicted molar refractivity (Wildman–Crippen MR) is 62.3 cm³/mol. The lowest BCUT2D eigenvalue weighted by Crippen LogP contribution is -2.35. The number of hydrogen-bond acceptors (Lipinski definition) is 2. The van der Waals surface area contributed by atoms with Gasteiger partial charge in [0.05, 0.1) is 0 Å². The summed E-state index contributed by atoms with van der Waals surface area (Å²) in [7, 11) is 0. The molecule has 1 saturated heterocycles. The molecule has 0 radical (unpaired) electrons. The van der Waals surface area contributed by atoms with Gasteiger partial charge in [-0.3, -0.25) is 0 Å². The van der Waals surface area contributed by atoms with Crippen molar-refractivity contribution in [2.24, 2.45) is 17.6 Å². The summed E-state index contributed by atoms with van der Waals surface area (Å²) in [6.07, 6.45) is 5.43. The first-order valence-electron chi connectivity index (χ1n) is 6.18. The Kier molecular flexibility index (Phi) is 5.49. The van der Waals surface area contributed by atoms with Crippen LogP contribution < -0.4 is 5.73 Å². The highest BCUT2D eigenvalue weighted by Gasteiger charge is 2.19. The predicted octanol–water partition coefficient (Wildman–Crippen LogP) is 2.09. The van der Waals surface area contributed by atoms with Gasteiger partial charge >= 0.3 is 0 Å². The van der Waals surface area contributed by atoms with Gasteiger partial charge in [0, 0.05) is 0 Å². The molecule has 1 aliphatic heterocycles. The molecule has 0 amide bonds. The van der Waals surface area contributed by atoms with Crippen LogP contribution >= 0.6 is 0 Å². The van der Waals surface area contributed by atoms with Crippen molar-refractivity contribution in [3.63, 3.8) is 0 Å². The fourth-order valence-corrected chi connectivity index (χ4v) is 2.43. The Labute approximate surface area is 88.8 Å². The number of likely N-dealkylation sites (tertiary alicyclic amines) is 1. The number of nitrogens with two attached hydrogens (primary N) is 1. The van der Waals surface area contributed by atoms with E-state index in [2.05, 4.69) is 18.7 Å². The second kappa shape index (κ2) is 6.41. The number of hydrogen-bond donors (Lipinski definition) is 1. The molecule has 0 aromatic heterocycles. The number of rotatable bonds is 5. The molecule has 0 spiro atoms. The van der Waals surface area contributed by atoms with Crippen molar-refractivity contribution < 1.29 is 0 Å². The normalized spacial score (nSPS) is 22.5. The minimum atomic E-state index is 0.720. The lowest BCUT2D eigenvalue weighted by molar-refractivity contribution is 0.170. The lowest BCUT2D eigenvalue weighted by atomic mass is 9.88. The van der Waals surface area contributed by atoms with E-state index in [4.69, 9.17) is 5.73 Å². The van der Waals surface area contributed by atoms with Gasteiger partial charge in [-0.2, -0.15) is 0 Å². The van der Waals surface area contributed by atoms with E-state index in [-0.39, 0.29) is 0 Å². The van der Waals surface area contributed by atoms with Crippen LogP contribution in [0.15, 0.2) is 0 Å². The summed E-state index contributed by atoms with van der Waals surface area (Å²) in [5, 5.41) is 0. The minimum absolute atomic E-state index is 0.720. The van der Waals surface area contributed by atoms with Crippen LogP contribution in [-0.2, 0) is 0 Å². The molecule has 0 aliphatic carbocycles. The topological polar surface area (TPSA) is 29.3 Å². The Morgan fingerprint density at radius 3 is 2.50 bits per heavy atom. The van der Waals surface area contributed by atoms with E-state index in [1.807, 2.05) is 0 Å². The summed E-state index contributed by atoms with van der Waals surface area (Å²) in [5.41, 5.74) is 5.65. The van der Waals surface area contributed by atoms with Gasteiger partial charge in [-0.25, -0.2) is 0 Å². The molecular weight excluding hydrogens is 172 g/mol. The minimum Gasteiger partial charge on any atom is -0.330 e. The zero-order valence-electron chi connectivity index (χ0n) is 9.84. The zero-order chi connectivity index (χ0) is 10.4. The maximum absolute atomic E-state index is 5.65. The summed E-state index contributed by atoms with van der Waals surface area (Å²) in [6, 6.07) is 0. The molecule has 1 aliphatic rings. The first kappa shape index (κ1) is 12.0. The third kappa shape index (κ3) is 3.97. The second-order valence-electron chi connectivity index (χ2n) is 4.86. The second-order valence-corrected chi connectivity index (χ2v) is 4.86. The molecule has 2 nitrogen and oxygen atoms in total. The average Bonchev–Trinajstić information content (AvgIpc) is 2.21. The summed E-state index contributed by atoms with van der Waals surface area (Å²) in [4.78, 5) is 2.60. The van der Waals surface area contributed by atoms with Crippen molar-refractivity contribution in [3.05, 3.63) is 0 Å². The van der Waals surface area contributed by atoms with E-state index in [0.717, 1.165) is 18.4 Å². The van der Waals surface area contributed by atoms with Gasteiger partial charge in [-0.1, -0.05) is 13.8 Å². The van der Waals surface area contributed by atoms with E-state index in [1.165, 1.54) is 45.3 Å². The summed E-state index contributed by atoms with van der Waals surface area (Å²) < 4.78 is 0. The fourth-order valence-electron chi connectivity index (χ4n) is 2.43. The molecule has 1 rings (SSSR count). The fraction of sp³-hybridized carbons (Fsp3) is 1.00. The first-order chi connectivity index (χ1) is 6.76. The molecular formula is C12H26N2. The monoisotopic (exact) mass is 198 g/mol. The molecule has 84 valence electrons. The van der Waals surface area contributed by atoms with Crippen molar-refractivity contribution in [2.45, 2.75) is 39.5 Å². The Hall–Kier alpha value is -0.0800. The van der Waals surface area contributed by atoms with Crippen LogP contribution in [-0.4, -0.2) is 31.1 Å². The van der Waals surface area contributed by atoms with Crippen LogP contribution in [0.4, 0.5) is 0 Å². The standard InChI is InChI=1S/C12H26N2/c1-3-6-14-7-4-12(5-8-14)9-11(2)10-13/h11-12H,3-10,13H2,1-2H3. The van der Waals surface area contributed by atoms with Crippen LogP contribution in [0.25, 0.3) is 0 Å². The molecule has 1 atom stereocenters. The van der Waals surface area contributed by atoms with Crippen LogP contribution in [0, 0.1) is 11.8 Å². The molecule has 0 aromatic carbocycles. The smallest absolute Gasteiger partial charge is 0.00161 e. The Bertz CT molecular complexity index is 139. The zero-order valence-corrected chi connectivity index (χ0v) is 9.84. The van der Waals surface area contributed by atoms with E-state index in [0.29, 0.717) is 0 Å². The molecule has 14 heavy (non-hydrogen) atoms. The Morgan fingerprint density at radius 2 is 2.00 bits per heavy atom. The molecule has 1 heterocycles. The van der Waals surface area contributed by atoms with E-state index >= 15 is 0 Å². The molecule has 1 unspecified atom stereocenters. The molecule has 2 heteroatoms. The summed E-state index contributed by atoms with van der Waals surface area (Å²) in [5.74, 6) is 1.67. The molecule has 0 saturated carbocycles. The summed E-state index contributed by atoms with van der Waals surface area (Å²) in [6.45, 7) is 9.32. The molecule has 1 fully saturated rings. The van der Waals surface area contributed by atoms with Gasteiger partial charge in [-0.05, 0) is 63.7 Å². The Morgan fingerprint density at radius 1 is 1.36 bits per heavy atom. The van der Waals surface area contributed by atoms with Crippen molar-refractivity contribution in [3.8, 4) is 0 Å². The van der Waals surface area contributed by atoms with Crippen molar-refractivity contribution in [1.82, 2.24) is 4.90 Å². The highest BCUT2D eigenvalue weighted by atomic mass is 15.1. The largest absolute Gasteiger partial charge is 0.330 e. The SMILES string of the molecule is CCCN1CCC(CC(C)CN)CC1. The summed E-state index contributed by atoms with van der Waals surface area (Å²) >= 11 is 0. The van der Waals surface area contributed by atoms with Gasteiger partial charge in [0.2, 0.25) is 0 Å². The van der Waals surface area contributed by atoms with Crippen LogP contribution in [0.3, 0.4) is 0 Å². The van der Waals surface area contributed by atoms with Crippen LogP contribution in [0.1, 0.15) is 39.5 Å². The van der Waals surface area contributed by atoms with Gasteiger partial charge in [0.25, 0.3) is 0 Å². The van der Waals surface area contributed by atoms with Crippen LogP contribution in [0.2, 0.25) is 0 Å². The van der Waals surface area contributed by atoms with Gasteiger partial charge in [0.15, 0.2) is 0 Å².